The molecular weight excluding hydrogens is 790 g/mol. The normalized spacial score (nSPS) is 13.8. The Bertz CT molecular complexity index is 2400. The molecule has 3 aromatic carbocycles. The van der Waals surface area contributed by atoms with Crippen LogP contribution in [-0.2, 0) is 34.0 Å². The third kappa shape index (κ3) is 10.7. The van der Waals surface area contributed by atoms with Crippen molar-refractivity contribution in [2.75, 3.05) is 42.9 Å². The number of rotatable bonds is 16. The molecule has 1 fully saturated rings. The van der Waals surface area contributed by atoms with Crippen LogP contribution in [0.3, 0.4) is 0 Å². The predicted octanol–water partition coefficient (Wildman–Crippen LogP) is 5.45. The average Bonchev–Trinajstić information content (AvgIpc) is 3.74. The number of ether oxygens (including phenoxy) is 2. The number of carboxylic acid groups (broad SMARTS) is 1. The third-order valence-electron chi connectivity index (χ3n) is 10.5. The second-order valence-corrected chi connectivity index (χ2v) is 15.0. The Morgan fingerprint density at radius 3 is 2.28 bits per heavy atom. The lowest BCUT2D eigenvalue weighted by Crippen LogP contribution is -2.49. The summed E-state index contributed by atoms with van der Waals surface area (Å²) in [6.45, 7) is 7.60. The zero-order valence-electron chi connectivity index (χ0n) is 34.3. The largest absolute Gasteiger partial charge is 0.477 e. The Morgan fingerprint density at radius 1 is 0.934 bits per heavy atom. The van der Waals surface area contributed by atoms with Gasteiger partial charge in [0.1, 0.15) is 36.3 Å². The van der Waals surface area contributed by atoms with Gasteiger partial charge < -0.3 is 45.3 Å². The van der Waals surface area contributed by atoms with Crippen molar-refractivity contribution in [3.8, 4) is 0 Å². The molecule has 1 unspecified atom stereocenters. The zero-order chi connectivity index (χ0) is 43.6. The number of carbonyl (C=O) groups is 4. The van der Waals surface area contributed by atoms with E-state index in [4.69, 9.17) is 15.2 Å². The van der Waals surface area contributed by atoms with Gasteiger partial charge in [0.05, 0.1) is 23.4 Å². The van der Waals surface area contributed by atoms with Crippen LogP contribution in [0.1, 0.15) is 72.9 Å². The summed E-state index contributed by atoms with van der Waals surface area (Å²) in [6.07, 6.45) is 2.71. The van der Waals surface area contributed by atoms with Crippen molar-refractivity contribution in [2.24, 2.45) is 11.7 Å². The van der Waals surface area contributed by atoms with E-state index >= 15 is 4.39 Å². The number of pyridine rings is 1. The molecule has 5 N–H and O–H groups in total. The Morgan fingerprint density at radius 2 is 1.62 bits per heavy atom. The minimum absolute atomic E-state index is 0.0147. The van der Waals surface area contributed by atoms with E-state index in [1.165, 1.54) is 15.8 Å². The Hall–Kier alpha value is -6.82. The summed E-state index contributed by atoms with van der Waals surface area (Å²) < 4.78 is 29.4. The van der Waals surface area contributed by atoms with Crippen LogP contribution in [-0.4, -0.2) is 86.4 Å². The fourth-order valence-corrected chi connectivity index (χ4v) is 7.09. The molecule has 5 aromatic rings. The van der Waals surface area contributed by atoms with Gasteiger partial charge in [-0.3, -0.25) is 9.59 Å². The maximum atomic E-state index is 15.3. The first-order valence-corrected chi connectivity index (χ1v) is 20.1. The van der Waals surface area contributed by atoms with Gasteiger partial charge >= 0.3 is 18.2 Å². The molecule has 0 spiro atoms. The van der Waals surface area contributed by atoms with Gasteiger partial charge in [-0.05, 0) is 67.6 Å². The number of anilines is 2. The van der Waals surface area contributed by atoms with Crippen molar-refractivity contribution in [3.05, 3.63) is 118 Å². The number of nitrogens with one attached hydrogen (secondary N) is 2. The van der Waals surface area contributed by atoms with Crippen LogP contribution in [0, 0.1) is 11.7 Å². The van der Waals surface area contributed by atoms with Crippen LogP contribution in [0.4, 0.5) is 25.4 Å². The highest BCUT2D eigenvalue weighted by molar-refractivity contribution is 5.94. The number of benzene rings is 3. The van der Waals surface area contributed by atoms with E-state index in [-0.39, 0.29) is 49.2 Å². The van der Waals surface area contributed by atoms with Gasteiger partial charge in [0, 0.05) is 50.0 Å². The first-order chi connectivity index (χ1) is 29.4. The van der Waals surface area contributed by atoms with Gasteiger partial charge in [0.2, 0.25) is 11.3 Å². The molecule has 61 heavy (non-hydrogen) atoms. The van der Waals surface area contributed by atoms with E-state index in [1.807, 2.05) is 44.2 Å². The number of aromatic nitrogens is 4. The summed E-state index contributed by atoms with van der Waals surface area (Å²) in [5, 5.41) is 23.8. The van der Waals surface area contributed by atoms with Gasteiger partial charge in [-0.15, -0.1) is 5.10 Å². The number of aromatic carboxylic acids is 1. The molecule has 2 aromatic heterocycles. The lowest BCUT2D eigenvalue weighted by molar-refractivity contribution is -0.119. The quantitative estimate of drug-likeness (QED) is 0.0976. The fraction of sp³-hybridized carbons (Fsp3) is 0.372. The van der Waals surface area contributed by atoms with Crippen molar-refractivity contribution in [1.29, 1.82) is 0 Å². The molecule has 3 amide bonds. The van der Waals surface area contributed by atoms with Crippen LogP contribution in [0.5, 0.6) is 0 Å². The second-order valence-electron chi connectivity index (χ2n) is 15.0. The van der Waals surface area contributed by atoms with Crippen LogP contribution >= 0.6 is 0 Å². The summed E-state index contributed by atoms with van der Waals surface area (Å²) in [6, 6.07) is 17.6. The van der Waals surface area contributed by atoms with Gasteiger partial charge in [-0.1, -0.05) is 61.5 Å². The van der Waals surface area contributed by atoms with Gasteiger partial charge in [-0.2, -0.15) is 0 Å². The topological polar surface area (TPSA) is 216 Å². The molecule has 17 nitrogen and oxygen atoms in total. The Balaban J connectivity index is 1.01. The molecule has 0 bridgehead atoms. The lowest BCUT2D eigenvalue weighted by Gasteiger charge is -2.35. The number of carboxylic acids is 1. The first kappa shape index (κ1) is 43.8. The third-order valence-corrected chi connectivity index (χ3v) is 10.5. The summed E-state index contributed by atoms with van der Waals surface area (Å²) >= 11 is 0. The van der Waals surface area contributed by atoms with E-state index < -0.39 is 47.0 Å². The highest BCUT2D eigenvalue weighted by Crippen LogP contribution is 2.27. The maximum Gasteiger partial charge on any atom is 0.410 e. The van der Waals surface area contributed by atoms with Gasteiger partial charge in [0.25, 0.3) is 0 Å². The number of hydrogen-bond acceptors (Lipinski definition) is 11. The average molecular weight is 840 g/mol. The summed E-state index contributed by atoms with van der Waals surface area (Å²) in [7, 11) is 0. The van der Waals surface area contributed by atoms with Crippen molar-refractivity contribution < 1.29 is 38.1 Å². The van der Waals surface area contributed by atoms with Crippen LogP contribution < -0.4 is 26.7 Å². The van der Waals surface area contributed by atoms with E-state index in [0.717, 1.165) is 11.6 Å². The molecule has 0 aliphatic carbocycles. The maximum absolute atomic E-state index is 15.3. The molecule has 18 heteroatoms. The predicted molar refractivity (Wildman–Crippen MR) is 225 cm³/mol. The number of alkyl carbamates (subject to hydrolysis) is 1. The molecule has 1 aliphatic rings. The number of amides is 3. The number of hydrogen-bond donors (Lipinski definition) is 4. The number of carbonyl (C=O) groups excluding carboxylic acids is 3. The smallest absolute Gasteiger partial charge is 0.410 e. The standard InChI is InChI=1S/C43H50FN9O8/c1-4-50-23-32(41(56)57)39(54)31-21-33(44)37(22-36(31)50)51-17-19-52(20-18-51)43(59)61-26-29-12-14-30(15-13-29)46-40(55)35(11-8-16-45)53-24-34(48-49-53)38(27(2)3)47-42(58)60-25-28-9-6-5-7-10-28/h5-7,9-10,12-15,21-24,27,35,38H,4,8,11,16-20,25-26,45H2,1-3H3,(H,46,55)(H,47,58)(H,56,57)/t35?,38-/m0/s1. The van der Waals surface area contributed by atoms with Gasteiger partial charge in [-0.25, -0.2) is 23.5 Å². The van der Waals surface area contributed by atoms with Gasteiger partial charge in [0.15, 0.2) is 0 Å². The number of halogens is 1. The monoisotopic (exact) mass is 839 g/mol. The molecule has 1 saturated heterocycles. The molecule has 6 rings (SSSR count). The Kier molecular flexibility index (Phi) is 14.3. The van der Waals surface area contributed by atoms with Crippen LogP contribution in [0.15, 0.2) is 83.9 Å². The minimum atomic E-state index is -1.38. The molecular formula is C43H50FN9O8. The SMILES string of the molecule is CCn1cc(C(=O)O)c(=O)c2cc(F)c(N3CCN(C(=O)OCc4ccc(NC(=O)C(CCCN)n5cc([C@@H](NC(=O)OCc6ccccc6)C(C)C)nn5)cc4)CC3)cc21. The fourth-order valence-electron chi connectivity index (χ4n) is 7.09. The van der Waals surface area contributed by atoms with Crippen molar-refractivity contribution in [3.63, 3.8) is 0 Å². The highest BCUT2D eigenvalue weighted by Gasteiger charge is 2.28. The molecule has 1 aliphatic heterocycles. The summed E-state index contributed by atoms with van der Waals surface area (Å²) in [5.41, 5.74) is 7.82. The number of fused-ring (bicyclic) bond motifs is 1. The van der Waals surface area contributed by atoms with Crippen LogP contribution in [0.2, 0.25) is 0 Å². The lowest BCUT2D eigenvalue weighted by atomic mass is 10.0. The van der Waals surface area contributed by atoms with E-state index in [1.54, 1.807) is 52.9 Å². The molecule has 322 valence electrons. The summed E-state index contributed by atoms with van der Waals surface area (Å²) in [5.74, 6) is -2.44. The van der Waals surface area contributed by atoms with E-state index in [9.17, 15) is 29.1 Å². The number of nitrogens with two attached hydrogens (primary N) is 1. The van der Waals surface area contributed by atoms with Crippen LogP contribution in [0.25, 0.3) is 10.9 Å². The molecule has 0 radical (unpaired) electrons. The zero-order valence-corrected chi connectivity index (χ0v) is 34.3. The minimum Gasteiger partial charge on any atom is -0.477 e. The summed E-state index contributed by atoms with van der Waals surface area (Å²) in [4.78, 5) is 66.9. The van der Waals surface area contributed by atoms with E-state index in [2.05, 4.69) is 20.9 Å². The Labute approximate surface area is 351 Å². The van der Waals surface area contributed by atoms with Crippen molar-refractivity contribution in [2.45, 2.75) is 65.5 Å². The molecule has 3 heterocycles. The molecule has 0 saturated carbocycles. The number of piperazine rings is 1. The second kappa shape index (κ2) is 20.0. The van der Waals surface area contributed by atoms with Crippen molar-refractivity contribution in [1.82, 2.24) is 29.8 Å². The molecule has 2 atom stereocenters. The highest BCUT2D eigenvalue weighted by atomic mass is 19.1. The number of aryl methyl sites for hydroxylation is 1. The first-order valence-electron chi connectivity index (χ1n) is 20.1. The van der Waals surface area contributed by atoms with Crippen molar-refractivity contribution >= 4 is 46.3 Å². The number of nitrogens with zero attached hydrogens (tertiary/aromatic N) is 6. The van der Waals surface area contributed by atoms with E-state index in [0.29, 0.717) is 61.5 Å².